The van der Waals surface area contributed by atoms with Crippen LogP contribution in [0.3, 0.4) is 0 Å². The summed E-state index contributed by atoms with van der Waals surface area (Å²) in [5, 5.41) is 3.11. The Labute approximate surface area is 73.2 Å². The van der Waals surface area contributed by atoms with Gasteiger partial charge in [-0.2, -0.15) is 0 Å². The first kappa shape index (κ1) is 9.26. The molecule has 0 saturated carbocycles. The predicted molar refractivity (Wildman–Crippen MR) is 48.1 cm³/mol. The molecule has 0 aliphatic heterocycles. The molecule has 1 atom stereocenters. The minimum absolute atomic E-state index is 0.265. The highest BCUT2D eigenvalue weighted by Gasteiger charge is 2.11. The average Bonchev–Trinajstić information content (AvgIpc) is 2.51. The average molecular weight is 168 g/mol. The van der Waals surface area contributed by atoms with Gasteiger partial charge in [-0.15, -0.1) is 0 Å². The molecule has 3 nitrogen and oxygen atoms in total. The molecule has 0 fully saturated rings. The largest absolute Gasteiger partial charge is 0.448 e. The summed E-state index contributed by atoms with van der Waals surface area (Å²) in [6.07, 6.45) is 1.72. The van der Waals surface area contributed by atoms with Crippen LogP contribution in [-0.4, -0.2) is 12.0 Å². The third-order valence-corrected chi connectivity index (χ3v) is 1.91. The summed E-state index contributed by atoms with van der Waals surface area (Å²) in [6, 6.07) is 0.265. The number of nitrogens with one attached hydrogen (secondary N) is 1. The number of rotatable bonds is 3. The van der Waals surface area contributed by atoms with Crippen LogP contribution in [0.2, 0.25) is 0 Å². The molecular formula is C9H16N2O. The highest BCUT2D eigenvalue weighted by Crippen LogP contribution is 2.16. The lowest BCUT2D eigenvalue weighted by Crippen LogP contribution is -2.12. The molecule has 1 aromatic heterocycles. The topological polar surface area (TPSA) is 38.1 Å². The van der Waals surface area contributed by atoms with Crippen molar-refractivity contribution in [2.24, 2.45) is 0 Å². The molecule has 68 valence electrons. The zero-order chi connectivity index (χ0) is 9.14. The van der Waals surface area contributed by atoms with Gasteiger partial charge in [0.15, 0.2) is 5.89 Å². The van der Waals surface area contributed by atoms with E-state index in [-0.39, 0.29) is 6.04 Å². The van der Waals surface area contributed by atoms with Gasteiger partial charge in [0.2, 0.25) is 0 Å². The van der Waals surface area contributed by atoms with E-state index in [0.29, 0.717) is 5.92 Å². The van der Waals surface area contributed by atoms with Crippen molar-refractivity contribution in [2.75, 3.05) is 7.05 Å². The molecule has 0 bridgehead atoms. The van der Waals surface area contributed by atoms with E-state index in [0.717, 1.165) is 11.6 Å². The van der Waals surface area contributed by atoms with E-state index >= 15 is 0 Å². The van der Waals surface area contributed by atoms with Crippen molar-refractivity contribution in [3.05, 3.63) is 17.8 Å². The van der Waals surface area contributed by atoms with E-state index in [9.17, 15) is 0 Å². The van der Waals surface area contributed by atoms with E-state index in [1.54, 1.807) is 6.26 Å². The smallest absolute Gasteiger partial charge is 0.196 e. The first-order chi connectivity index (χ1) is 5.65. The molecule has 1 heterocycles. The van der Waals surface area contributed by atoms with Crippen molar-refractivity contribution in [3.63, 3.8) is 0 Å². The van der Waals surface area contributed by atoms with Crippen LogP contribution in [0.1, 0.15) is 44.3 Å². The second kappa shape index (κ2) is 3.72. The monoisotopic (exact) mass is 168 g/mol. The Morgan fingerprint density at radius 2 is 2.08 bits per heavy atom. The lowest BCUT2D eigenvalue weighted by atomic mass is 10.2. The summed E-state index contributed by atoms with van der Waals surface area (Å²) < 4.78 is 5.30. The van der Waals surface area contributed by atoms with Crippen molar-refractivity contribution in [1.82, 2.24) is 10.3 Å². The summed E-state index contributed by atoms with van der Waals surface area (Å²) in [7, 11) is 1.91. The van der Waals surface area contributed by atoms with Gasteiger partial charge in [-0.3, -0.25) is 0 Å². The molecule has 0 saturated heterocycles. The van der Waals surface area contributed by atoms with Crippen molar-refractivity contribution in [3.8, 4) is 0 Å². The molecule has 1 N–H and O–H groups in total. The second-order valence-electron chi connectivity index (χ2n) is 3.28. The van der Waals surface area contributed by atoms with Crippen LogP contribution in [-0.2, 0) is 0 Å². The SMILES string of the molecule is CNC(C)c1coc(C(C)C)n1. The van der Waals surface area contributed by atoms with Gasteiger partial charge in [0.1, 0.15) is 6.26 Å². The zero-order valence-electron chi connectivity index (χ0n) is 8.09. The molecule has 0 radical (unpaired) electrons. The fourth-order valence-electron chi connectivity index (χ4n) is 0.913. The van der Waals surface area contributed by atoms with Crippen molar-refractivity contribution in [2.45, 2.75) is 32.7 Å². The molecule has 1 aromatic rings. The maximum absolute atomic E-state index is 5.30. The van der Waals surface area contributed by atoms with Crippen LogP contribution in [0.4, 0.5) is 0 Å². The van der Waals surface area contributed by atoms with Crippen LogP contribution in [0, 0.1) is 0 Å². The van der Waals surface area contributed by atoms with Gasteiger partial charge >= 0.3 is 0 Å². The summed E-state index contributed by atoms with van der Waals surface area (Å²) >= 11 is 0. The van der Waals surface area contributed by atoms with Gasteiger partial charge in [0.25, 0.3) is 0 Å². The van der Waals surface area contributed by atoms with Crippen molar-refractivity contribution >= 4 is 0 Å². The first-order valence-electron chi connectivity index (χ1n) is 4.27. The molecule has 0 amide bonds. The minimum atomic E-state index is 0.265. The second-order valence-corrected chi connectivity index (χ2v) is 3.28. The molecule has 0 aliphatic rings. The standard InChI is InChI=1S/C9H16N2O/c1-6(2)9-11-8(5-12-9)7(3)10-4/h5-7,10H,1-4H3. The Balaban J connectivity index is 2.77. The van der Waals surface area contributed by atoms with E-state index in [2.05, 4.69) is 31.1 Å². The van der Waals surface area contributed by atoms with Crippen LogP contribution in [0.25, 0.3) is 0 Å². The van der Waals surface area contributed by atoms with Crippen LogP contribution < -0.4 is 5.32 Å². The molecular weight excluding hydrogens is 152 g/mol. The van der Waals surface area contributed by atoms with Gasteiger partial charge in [-0.05, 0) is 14.0 Å². The Morgan fingerprint density at radius 1 is 1.42 bits per heavy atom. The van der Waals surface area contributed by atoms with Gasteiger partial charge in [0, 0.05) is 12.0 Å². The van der Waals surface area contributed by atoms with E-state index < -0.39 is 0 Å². The molecule has 1 rings (SSSR count). The third kappa shape index (κ3) is 1.85. The fourth-order valence-corrected chi connectivity index (χ4v) is 0.913. The lowest BCUT2D eigenvalue weighted by molar-refractivity contribution is 0.470. The van der Waals surface area contributed by atoms with Crippen LogP contribution in [0.15, 0.2) is 10.7 Å². The Hall–Kier alpha value is -0.830. The Morgan fingerprint density at radius 3 is 2.50 bits per heavy atom. The highest BCUT2D eigenvalue weighted by molar-refractivity contribution is 5.03. The summed E-state index contributed by atoms with van der Waals surface area (Å²) in [6.45, 7) is 6.20. The minimum Gasteiger partial charge on any atom is -0.448 e. The lowest BCUT2D eigenvalue weighted by Gasteiger charge is -2.03. The van der Waals surface area contributed by atoms with Crippen LogP contribution >= 0.6 is 0 Å². The Bertz CT molecular complexity index is 242. The molecule has 3 heteroatoms. The number of oxazole rings is 1. The molecule has 0 spiro atoms. The molecule has 1 unspecified atom stereocenters. The zero-order valence-corrected chi connectivity index (χ0v) is 8.09. The highest BCUT2D eigenvalue weighted by atomic mass is 16.3. The van der Waals surface area contributed by atoms with Gasteiger partial charge in [-0.1, -0.05) is 13.8 Å². The first-order valence-corrected chi connectivity index (χ1v) is 4.27. The summed E-state index contributed by atoms with van der Waals surface area (Å²) in [5.74, 6) is 1.18. The van der Waals surface area contributed by atoms with Gasteiger partial charge in [0.05, 0.1) is 5.69 Å². The third-order valence-electron chi connectivity index (χ3n) is 1.91. The quantitative estimate of drug-likeness (QED) is 0.750. The summed E-state index contributed by atoms with van der Waals surface area (Å²) in [4.78, 5) is 4.35. The van der Waals surface area contributed by atoms with Gasteiger partial charge < -0.3 is 9.73 Å². The van der Waals surface area contributed by atoms with Crippen molar-refractivity contribution < 1.29 is 4.42 Å². The fraction of sp³-hybridized carbons (Fsp3) is 0.667. The number of hydrogen-bond acceptors (Lipinski definition) is 3. The maximum atomic E-state index is 5.30. The molecule has 0 aromatic carbocycles. The number of hydrogen-bond donors (Lipinski definition) is 1. The maximum Gasteiger partial charge on any atom is 0.196 e. The molecule has 12 heavy (non-hydrogen) atoms. The molecule has 0 aliphatic carbocycles. The predicted octanol–water partition coefficient (Wildman–Crippen LogP) is 2.08. The van der Waals surface area contributed by atoms with Crippen LogP contribution in [0.5, 0.6) is 0 Å². The number of nitrogens with zero attached hydrogens (tertiary/aromatic N) is 1. The Kier molecular flexibility index (Phi) is 2.87. The normalized spacial score (nSPS) is 13.8. The van der Waals surface area contributed by atoms with E-state index in [1.807, 2.05) is 7.05 Å². The van der Waals surface area contributed by atoms with E-state index in [4.69, 9.17) is 4.42 Å². The van der Waals surface area contributed by atoms with Gasteiger partial charge in [-0.25, -0.2) is 4.98 Å². The van der Waals surface area contributed by atoms with E-state index in [1.165, 1.54) is 0 Å². The number of aromatic nitrogens is 1. The summed E-state index contributed by atoms with van der Waals surface area (Å²) in [5.41, 5.74) is 0.973. The van der Waals surface area contributed by atoms with Crippen molar-refractivity contribution in [1.29, 1.82) is 0 Å².